The minimum Gasteiger partial charge on any atom is -0.475 e. The highest BCUT2D eigenvalue weighted by Gasteiger charge is 2.12. The Balaban J connectivity index is 1.83. The van der Waals surface area contributed by atoms with Crippen molar-refractivity contribution < 1.29 is 14.3 Å². The van der Waals surface area contributed by atoms with Crippen molar-refractivity contribution in [2.24, 2.45) is 10.2 Å². The van der Waals surface area contributed by atoms with E-state index in [0.29, 0.717) is 38.4 Å². The van der Waals surface area contributed by atoms with Gasteiger partial charge >= 0.3 is 5.97 Å². The van der Waals surface area contributed by atoms with Gasteiger partial charge in [0, 0.05) is 6.21 Å². The number of ether oxygens (including phenoxy) is 2. The van der Waals surface area contributed by atoms with Crippen molar-refractivity contribution in [2.75, 3.05) is 13.2 Å². The molecule has 116 valence electrons. The first-order valence-corrected chi connectivity index (χ1v) is 7.41. The van der Waals surface area contributed by atoms with Crippen LogP contribution in [0.1, 0.15) is 31.7 Å². The molecule has 1 aliphatic heterocycles. The highest BCUT2D eigenvalue weighted by atomic mass is 16.5. The van der Waals surface area contributed by atoms with Crippen LogP contribution >= 0.6 is 0 Å². The number of hydrogen-bond acceptors (Lipinski definition) is 5. The number of nitrogens with zero attached hydrogens (tertiary/aromatic N) is 2. The first-order chi connectivity index (χ1) is 10.8. The second-order valence-corrected chi connectivity index (χ2v) is 4.72. The first-order valence-electron chi connectivity index (χ1n) is 7.41. The quantitative estimate of drug-likeness (QED) is 0.460. The summed E-state index contributed by atoms with van der Waals surface area (Å²) in [7, 11) is 0. The van der Waals surface area contributed by atoms with E-state index < -0.39 is 0 Å². The Morgan fingerprint density at radius 1 is 1.36 bits per heavy atom. The van der Waals surface area contributed by atoms with Gasteiger partial charge < -0.3 is 9.47 Å². The summed E-state index contributed by atoms with van der Waals surface area (Å²) in [5.41, 5.74) is 2.36. The SMILES string of the molecule is CCOC(=O)CCC=NN=C1CC(c2ccccc2)=CCO1. The maximum atomic E-state index is 11.2. The van der Waals surface area contributed by atoms with Crippen molar-refractivity contribution in [1.29, 1.82) is 0 Å². The fourth-order valence-corrected chi connectivity index (χ4v) is 2.04. The van der Waals surface area contributed by atoms with Crippen molar-refractivity contribution in [3.8, 4) is 0 Å². The Morgan fingerprint density at radius 2 is 2.18 bits per heavy atom. The lowest BCUT2D eigenvalue weighted by Gasteiger charge is -2.15. The van der Waals surface area contributed by atoms with E-state index >= 15 is 0 Å². The molecule has 0 aromatic heterocycles. The smallest absolute Gasteiger partial charge is 0.306 e. The predicted octanol–water partition coefficient (Wildman–Crippen LogP) is 3.22. The molecule has 0 radical (unpaired) electrons. The molecule has 1 heterocycles. The number of carbonyl (C=O) groups is 1. The molecule has 1 aromatic carbocycles. The van der Waals surface area contributed by atoms with E-state index in [1.165, 1.54) is 11.1 Å². The van der Waals surface area contributed by atoms with Gasteiger partial charge in [-0.25, -0.2) is 0 Å². The summed E-state index contributed by atoms with van der Waals surface area (Å²) in [6.45, 7) is 2.69. The number of hydrogen-bond donors (Lipinski definition) is 0. The molecule has 5 heteroatoms. The van der Waals surface area contributed by atoms with Crippen molar-refractivity contribution >= 4 is 23.7 Å². The molecule has 0 spiro atoms. The van der Waals surface area contributed by atoms with Crippen LogP contribution in [-0.4, -0.2) is 31.3 Å². The van der Waals surface area contributed by atoms with Crippen LogP contribution in [0.15, 0.2) is 46.6 Å². The number of benzene rings is 1. The maximum absolute atomic E-state index is 11.2. The van der Waals surface area contributed by atoms with Crippen LogP contribution in [0.4, 0.5) is 0 Å². The van der Waals surface area contributed by atoms with E-state index in [1.54, 1.807) is 13.1 Å². The molecule has 0 aliphatic carbocycles. The van der Waals surface area contributed by atoms with Crippen LogP contribution < -0.4 is 0 Å². The molecular formula is C17H20N2O3. The van der Waals surface area contributed by atoms with E-state index in [-0.39, 0.29) is 5.97 Å². The van der Waals surface area contributed by atoms with Gasteiger partial charge in [-0.2, -0.15) is 5.10 Å². The van der Waals surface area contributed by atoms with Gasteiger partial charge in [-0.15, -0.1) is 5.10 Å². The Kier molecular flexibility index (Phi) is 6.36. The van der Waals surface area contributed by atoms with Gasteiger partial charge in [0.05, 0.1) is 19.4 Å². The minimum absolute atomic E-state index is 0.218. The zero-order chi connectivity index (χ0) is 15.6. The molecule has 1 aliphatic rings. The number of carbonyl (C=O) groups excluding carboxylic acids is 1. The van der Waals surface area contributed by atoms with Gasteiger partial charge in [0.1, 0.15) is 6.61 Å². The van der Waals surface area contributed by atoms with E-state index in [4.69, 9.17) is 9.47 Å². The highest BCUT2D eigenvalue weighted by Crippen LogP contribution is 2.22. The third kappa shape index (κ3) is 5.16. The standard InChI is InChI=1S/C17H20N2O3/c1-2-21-17(20)9-6-11-18-19-16-13-15(10-12-22-16)14-7-4-3-5-8-14/h3-5,7-8,10-11H,2,6,9,12-13H2,1H3. The average molecular weight is 300 g/mol. The molecule has 0 saturated heterocycles. The Bertz CT molecular complexity index is 577. The lowest BCUT2D eigenvalue weighted by molar-refractivity contribution is -0.142. The highest BCUT2D eigenvalue weighted by molar-refractivity contribution is 5.90. The van der Waals surface area contributed by atoms with E-state index in [0.717, 1.165) is 0 Å². The van der Waals surface area contributed by atoms with Gasteiger partial charge in [-0.1, -0.05) is 30.3 Å². The predicted molar refractivity (Wildman–Crippen MR) is 86.8 cm³/mol. The van der Waals surface area contributed by atoms with Crippen LogP contribution in [0.2, 0.25) is 0 Å². The van der Waals surface area contributed by atoms with Crippen LogP contribution in [-0.2, 0) is 14.3 Å². The normalized spacial score (nSPS) is 16.4. The molecule has 0 unspecified atom stereocenters. The second kappa shape index (κ2) is 8.77. The minimum atomic E-state index is -0.218. The summed E-state index contributed by atoms with van der Waals surface area (Å²) in [4.78, 5) is 11.2. The fourth-order valence-electron chi connectivity index (χ4n) is 2.04. The van der Waals surface area contributed by atoms with Crippen LogP contribution in [0.5, 0.6) is 0 Å². The molecule has 2 rings (SSSR count). The van der Waals surface area contributed by atoms with E-state index in [9.17, 15) is 4.79 Å². The van der Waals surface area contributed by atoms with Crippen molar-refractivity contribution in [3.05, 3.63) is 42.0 Å². The van der Waals surface area contributed by atoms with E-state index in [1.807, 2.05) is 18.2 Å². The zero-order valence-corrected chi connectivity index (χ0v) is 12.7. The molecule has 22 heavy (non-hydrogen) atoms. The van der Waals surface area contributed by atoms with Gasteiger partial charge in [0.2, 0.25) is 5.90 Å². The molecule has 1 aromatic rings. The Hall–Kier alpha value is -2.43. The number of esters is 1. The summed E-state index contributed by atoms with van der Waals surface area (Å²) < 4.78 is 10.3. The molecule has 0 atom stereocenters. The summed E-state index contributed by atoms with van der Waals surface area (Å²) in [5, 5.41) is 8.03. The lowest BCUT2D eigenvalue weighted by Crippen LogP contribution is -2.11. The zero-order valence-electron chi connectivity index (χ0n) is 12.7. The third-order valence-electron chi connectivity index (χ3n) is 3.10. The van der Waals surface area contributed by atoms with Gasteiger partial charge in [0.25, 0.3) is 0 Å². The molecule has 0 amide bonds. The van der Waals surface area contributed by atoms with Crippen molar-refractivity contribution in [2.45, 2.75) is 26.2 Å². The van der Waals surface area contributed by atoms with Crippen LogP contribution in [0.3, 0.4) is 0 Å². The van der Waals surface area contributed by atoms with Crippen LogP contribution in [0.25, 0.3) is 5.57 Å². The monoisotopic (exact) mass is 300 g/mol. The Morgan fingerprint density at radius 3 is 2.95 bits per heavy atom. The Labute approximate surface area is 130 Å². The third-order valence-corrected chi connectivity index (χ3v) is 3.10. The lowest BCUT2D eigenvalue weighted by atomic mass is 10.0. The maximum Gasteiger partial charge on any atom is 0.306 e. The number of rotatable bonds is 6. The second-order valence-electron chi connectivity index (χ2n) is 4.72. The summed E-state index contributed by atoms with van der Waals surface area (Å²) in [5.74, 6) is 0.374. The largest absolute Gasteiger partial charge is 0.475 e. The topological polar surface area (TPSA) is 60.2 Å². The molecule has 5 nitrogen and oxygen atoms in total. The molecule has 0 saturated carbocycles. The van der Waals surface area contributed by atoms with Gasteiger partial charge in [0.15, 0.2) is 0 Å². The molecule has 0 N–H and O–H groups in total. The van der Waals surface area contributed by atoms with Crippen LogP contribution in [0, 0.1) is 0 Å². The first kappa shape index (κ1) is 15.9. The van der Waals surface area contributed by atoms with Gasteiger partial charge in [-0.3, -0.25) is 4.79 Å². The van der Waals surface area contributed by atoms with Crippen molar-refractivity contribution in [3.63, 3.8) is 0 Å². The van der Waals surface area contributed by atoms with E-state index in [2.05, 4.69) is 28.4 Å². The summed E-state index contributed by atoms with van der Waals surface area (Å²) in [6.07, 6.45) is 5.11. The fraction of sp³-hybridized carbons (Fsp3) is 0.353. The van der Waals surface area contributed by atoms with Crippen molar-refractivity contribution in [1.82, 2.24) is 0 Å². The molecule has 0 fully saturated rings. The summed E-state index contributed by atoms with van der Waals surface area (Å²) >= 11 is 0. The average Bonchev–Trinajstić information content (AvgIpc) is 2.56. The summed E-state index contributed by atoms with van der Waals surface area (Å²) in [6, 6.07) is 10.1. The van der Waals surface area contributed by atoms with Gasteiger partial charge in [-0.05, 0) is 30.6 Å². The molecular weight excluding hydrogens is 280 g/mol. The molecule has 0 bridgehead atoms.